The van der Waals surface area contributed by atoms with E-state index < -0.39 is 46.4 Å². The summed E-state index contributed by atoms with van der Waals surface area (Å²) in [6.45, 7) is 1.67. The molecular weight excluding hydrogens is 358 g/mol. The number of amides is 4. The fourth-order valence-corrected chi connectivity index (χ4v) is 3.31. The van der Waals surface area contributed by atoms with Crippen molar-refractivity contribution in [1.29, 1.82) is 0 Å². The van der Waals surface area contributed by atoms with Crippen LogP contribution in [-0.2, 0) is 14.3 Å². The van der Waals surface area contributed by atoms with E-state index in [1.807, 2.05) is 0 Å². The van der Waals surface area contributed by atoms with E-state index in [0.717, 1.165) is 15.9 Å². The van der Waals surface area contributed by atoms with Crippen molar-refractivity contribution in [3.63, 3.8) is 0 Å². The quantitative estimate of drug-likeness (QED) is 0.422. The van der Waals surface area contributed by atoms with Crippen molar-refractivity contribution in [2.75, 3.05) is 13.7 Å². The Bertz CT molecular complexity index is 866. The number of hydrogen-bond donors (Lipinski definition) is 0. The zero-order chi connectivity index (χ0) is 19.9. The number of fused-ring (bicyclic) bond motifs is 1. The van der Waals surface area contributed by atoms with Gasteiger partial charge in [-0.1, -0.05) is 6.07 Å². The van der Waals surface area contributed by atoms with Gasteiger partial charge in [0.2, 0.25) is 5.91 Å². The minimum Gasteiger partial charge on any atom is -0.380 e. The summed E-state index contributed by atoms with van der Waals surface area (Å²) in [6.07, 6.45) is -0.461. The van der Waals surface area contributed by atoms with Gasteiger partial charge in [0.25, 0.3) is 23.4 Å². The lowest BCUT2D eigenvalue weighted by Crippen LogP contribution is -2.57. The van der Waals surface area contributed by atoms with Crippen LogP contribution in [0.15, 0.2) is 18.2 Å². The lowest BCUT2D eigenvalue weighted by molar-refractivity contribution is -0.385. The van der Waals surface area contributed by atoms with Gasteiger partial charge in [0, 0.05) is 19.6 Å². The molecule has 0 radical (unpaired) electrons. The maximum Gasteiger partial charge on any atom is 0.282 e. The number of imide groups is 2. The molecule has 1 fully saturated rings. The van der Waals surface area contributed by atoms with Crippen LogP contribution in [0.4, 0.5) is 5.69 Å². The van der Waals surface area contributed by atoms with Gasteiger partial charge >= 0.3 is 0 Å². The predicted molar refractivity (Wildman–Crippen MR) is 89.8 cm³/mol. The topological polar surface area (TPSA) is 127 Å². The molecule has 1 saturated heterocycles. The molecule has 2 atom stereocenters. The fourth-order valence-electron chi connectivity index (χ4n) is 3.31. The Labute approximate surface area is 153 Å². The first-order chi connectivity index (χ1) is 12.8. The summed E-state index contributed by atoms with van der Waals surface area (Å²) in [4.78, 5) is 62.5. The van der Waals surface area contributed by atoms with Crippen molar-refractivity contribution in [1.82, 2.24) is 9.80 Å². The minimum absolute atomic E-state index is 0.00597. The second kappa shape index (κ2) is 6.88. The summed E-state index contributed by atoms with van der Waals surface area (Å²) in [5.74, 6) is -2.77. The number of nitro groups is 1. The Kier molecular flexibility index (Phi) is 4.75. The van der Waals surface area contributed by atoms with Crippen molar-refractivity contribution < 1.29 is 28.8 Å². The largest absolute Gasteiger partial charge is 0.380 e. The van der Waals surface area contributed by atoms with Crippen LogP contribution in [-0.4, -0.2) is 64.2 Å². The lowest BCUT2D eigenvalue weighted by Gasteiger charge is -2.35. The van der Waals surface area contributed by atoms with Crippen molar-refractivity contribution in [2.45, 2.75) is 31.9 Å². The normalized spacial score (nSPS) is 20.9. The third-order valence-electron chi connectivity index (χ3n) is 4.76. The molecule has 4 amide bonds. The number of rotatable bonds is 5. The summed E-state index contributed by atoms with van der Waals surface area (Å²) in [5.41, 5.74) is -0.928. The summed E-state index contributed by atoms with van der Waals surface area (Å²) in [5, 5.41) is 11.2. The van der Waals surface area contributed by atoms with E-state index in [2.05, 4.69) is 0 Å². The molecule has 0 aromatic heterocycles. The molecule has 0 aliphatic carbocycles. The standard InChI is InChI=1S/C17H17N3O7/c1-9(27-2)8-18-13(21)7-6-12(16(18)23)19-15(22)10-4-3-5-11(20(25)26)14(10)17(19)24/h3-5,9,12H,6-8H2,1-2H3. The molecule has 0 bridgehead atoms. The number of nitrogens with zero attached hydrogens (tertiary/aromatic N) is 3. The highest BCUT2D eigenvalue weighted by atomic mass is 16.6. The Morgan fingerprint density at radius 3 is 2.59 bits per heavy atom. The first-order valence-corrected chi connectivity index (χ1v) is 8.30. The molecule has 27 heavy (non-hydrogen) atoms. The van der Waals surface area contributed by atoms with E-state index >= 15 is 0 Å². The third-order valence-corrected chi connectivity index (χ3v) is 4.76. The number of piperidine rings is 1. The van der Waals surface area contributed by atoms with Gasteiger partial charge in [-0.25, -0.2) is 0 Å². The summed E-state index contributed by atoms with van der Waals surface area (Å²) >= 11 is 0. The molecule has 0 saturated carbocycles. The second-order valence-corrected chi connectivity index (χ2v) is 6.38. The molecule has 142 valence electrons. The molecule has 3 rings (SSSR count). The van der Waals surface area contributed by atoms with Crippen LogP contribution in [0.5, 0.6) is 0 Å². The highest BCUT2D eigenvalue weighted by Crippen LogP contribution is 2.34. The number of hydrogen-bond acceptors (Lipinski definition) is 7. The van der Waals surface area contributed by atoms with Crippen molar-refractivity contribution in [3.05, 3.63) is 39.4 Å². The monoisotopic (exact) mass is 375 g/mol. The molecule has 10 heteroatoms. The number of carbonyl (C=O) groups excluding carboxylic acids is 4. The van der Waals surface area contributed by atoms with Gasteiger partial charge in [0.1, 0.15) is 11.6 Å². The van der Waals surface area contributed by atoms with Crippen LogP contribution < -0.4 is 0 Å². The van der Waals surface area contributed by atoms with E-state index in [4.69, 9.17) is 4.74 Å². The first-order valence-electron chi connectivity index (χ1n) is 8.30. The molecule has 0 N–H and O–H groups in total. The molecule has 0 spiro atoms. The van der Waals surface area contributed by atoms with Gasteiger partial charge in [0.05, 0.1) is 23.1 Å². The van der Waals surface area contributed by atoms with E-state index in [0.29, 0.717) is 0 Å². The van der Waals surface area contributed by atoms with Gasteiger partial charge in [-0.3, -0.25) is 39.1 Å². The second-order valence-electron chi connectivity index (χ2n) is 6.38. The van der Waals surface area contributed by atoms with Gasteiger partial charge in [0.15, 0.2) is 0 Å². The molecule has 1 aromatic rings. The van der Waals surface area contributed by atoms with Crippen LogP contribution >= 0.6 is 0 Å². The highest BCUT2D eigenvalue weighted by Gasteiger charge is 2.49. The third kappa shape index (κ3) is 2.97. The molecule has 10 nitrogen and oxygen atoms in total. The number of ether oxygens (including phenoxy) is 1. The number of methoxy groups -OCH3 is 1. The summed E-state index contributed by atoms with van der Waals surface area (Å²) < 4.78 is 5.08. The minimum atomic E-state index is -1.18. The van der Waals surface area contributed by atoms with Crippen LogP contribution in [0.1, 0.15) is 40.5 Å². The maximum absolute atomic E-state index is 12.8. The highest BCUT2D eigenvalue weighted by molar-refractivity contribution is 6.25. The fraction of sp³-hybridized carbons (Fsp3) is 0.412. The number of likely N-dealkylation sites (tertiary alicyclic amines) is 1. The summed E-state index contributed by atoms with van der Waals surface area (Å²) in [7, 11) is 1.43. The zero-order valence-electron chi connectivity index (χ0n) is 14.7. The smallest absolute Gasteiger partial charge is 0.282 e. The predicted octanol–water partition coefficient (Wildman–Crippen LogP) is 0.743. The zero-order valence-corrected chi connectivity index (χ0v) is 14.7. The Morgan fingerprint density at radius 2 is 1.96 bits per heavy atom. The summed E-state index contributed by atoms with van der Waals surface area (Å²) in [6, 6.07) is 2.57. The van der Waals surface area contributed by atoms with Crippen molar-refractivity contribution >= 4 is 29.3 Å². The Morgan fingerprint density at radius 1 is 1.26 bits per heavy atom. The maximum atomic E-state index is 12.8. The number of carbonyl (C=O) groups is 4. The van der Waals surface area contributed by atoms with Crippen molar-refractivity contribution in [2.24, 2.45) is 0 Å². The van der Waals surface area contributed by atoms with Crippen LogP contribution in [0.3, 0.4) is 0 Å². The van der Waals surface area contributed by atoms with Gasteiger partial charge in [-0.15, -0.1) is 0 Å². The molecule has 2 unspecified atom stereocenters. The van der Waals surface area contributed by atoms with Crippen LogP contribution in [0.25, 0.3) is 0 Å². The number of benzene rings is 1. The van der Waals surface area contributed by atoms with Crippen molar-refractivity contribution in [3.8, 4) is 0 Å². The Hall–Kier alpha value is -3.14. The van der Waals surface area contributed by atoms with Gasteiger partial charge < -0.3 is 4.74 Å². The Balaban J connectivity index is 1.95. The molecular formula is C17H17N3O7. The molecule has 2 aliphatic rings. The SMILES string of the molecule is COC(C)CN1C(=O)CCC(N2C(=O)c3cccc([N+](=O)[O-])c3C2=O)C1=O. The average molecular weight is 375 g/mol. The van der Waals surface area contributed by atoms with Crippen LogP contribution in [0, 0.1) is 10.1 Å². The molecule has 2 heterocycles. The first kappa shape index (κ1) is 18.6. The van der Waals surface area contributed by atoms with Gasteiger partial charge in [-0.2, -0.15) is 0 Å². The van der Waals surface area contributed by atoms with E-state index in [1.54, 1.807) is 6.92 Å². The van der Waals surface area contributed by atoms with E-state index in [-0.39, 0.29) is 30.5 Å². The van der Waals surface area contributed by atoms with E-state index in [1.165, 1.54) is 19.2 Å². The lowest BCUT2D eigenvalue weighted by atomic mass is 10.0. The van der Waals surface area contributed by atoms with Gasteiger partial charge in [-0.05, 0) is 19.4 Å². The van der Waals surface area contributed by atoms with Crippen LogP contribution in [0.2, 0.25) is 0 Å². The van der Waals surface area contributed by atoms with E-state index in [9.17, 15) is 29.3 Å². The average Bonchev–Trinajstić information content (AvgIpc) is 2.89. The number of nitro benzene ring substituents is 1. The molecule has 2 aliphatic heterocycles. The molecule has 1 aromatic carbocycles.